The van der Waals surface area contributed by atoms with Crippen molar-refractivity contribution >= 4 is 44.0 Å². The standard InChI is InChI=1S/C25H16ClN/c26-22-8-4-3-7-20(22)25-19-11-10-18(19)24-21-14-16-6-2-1-5-15(16)13-17(21)9-12-23(24)27-25/h1-9,12-14H,10-11H2. The highest BCUT2D eigenvalue weighted by Crippen LogP contribution is 2.42. The van der Waals surface area contributed by atoms with Crippen molar-refractivity contribution < 1.29 is 0 Å². The lowest BCUT2D eigenvalue weighted by atomic mass is 9.81. The lowest BCUT2D eigenvalue weighted by Gasteiger charge is -2.25. The molecule has 1 nitrogen and oxygen atoms in total. The van der Waals surface area contributed by atoms with Crippen LogP contribution in [0.25, 0.3) is 43.7 Å². The molecular weight excluding hydrogens is 350 g/mol. The van der Waals surface area contributed by atoms with Crippen molar-refractivity contribution in [1.82, 2.24) is 4.98 Å². The van der Waals surface area contributed by atoms with Crippen LogP contribution in [0.3, 0.4) is 0 Å². The van der Waals surface area contributed by atoms with Crippen molar-refractivity contribution in [2.75, 3.05) is 0 Å². The number of hydrogen-bond acceptors (Lipinski definition) is 1. The fourth-order valence-electron chi connectivity index (χ4n) is 4.39. The molecule has 1 heterocycles. The van der Waals surface area contributed by atoms with Gasteiger partial charge in [0.15, 0.2) is 0 Å². The van der Waals surface area contributed by atoms with E-state index in [1.165, 1.54) is 38.1 Å². The Morgan fingerprint density at radius 2 is 1.44 bits per heavy atom. The van der Waals surface area contributed by atoms with Gasteiger partial charge in [-0.1, -0.05) is 60.1 Å². The van der Waals surface area contributed by atoms with E-state index >= 15 is 0 Å². The molecule has 6 rings (SSSR count). The maximum absolute atomic E-state index is 6.48. The summed E-state index contributed by atoms with van der Waals surface area (Å²) in [5, 5.41) is 7.23. The zero-order chi connectivity index (χ0) is 18.0. The molecule has 0 unspecified atom stereocenters. The van der Waals surface area contributed by atoms with Gasteiger partial charge in [-0.25, -0.2) is 4.98 Å². The Labute approximate surface area is 162 Å². The molecule has 27 heavy (non-hydrogen) atoms. The highest BCUT2D eigenvalue weighted by atomic mass is 35.5. The number of rotatable bonds is 1. The Bertz CT molecular complexity index is 1380. The summed E-state index contributed by atoms with van der Waals surface area (Å²) in [6.45, 7) is 0. The van der Waals surface area contributed by atoms with E-state index in [1.54, 1.807) is 0 Å². The van der Waals surface area contributed by atoms with E-state index in [9.17, 15) is 0 Å². The summed E-state index contributed by atoms with van der Waals surface area (Å²) in [5.41, 5.74) is 5.95. The number of nitrogens with zero attached hydrogens (tertiary/aromatic N) is 1. The Morgan fingerprint density at radius 3 is 2.22 bits per heavy atom. The molecule has 0 amide bonds. The second kappa shape index (κ2) is 5.55. The zero-order valence-corrected chi connectivity index (χ0v) is 15.4. The molecule has 0 saturated carbocycles. The van der Waals surface area contributed by atoms with Crippen LogP contribution < -0.4 is 0 Å². The van der Waals surface area contributed by atoms with E-state index in [0.29, 0.717) is 0 Å². The van der Waals surface area contributed by atoms with Crippen molar-refractivity contribution in [2.24, 2.45) is 0 Å². The van der Waals surface area contributed by atoms with Gasteiger partial charge < -0.3 is 0 Å². The second-order valence-electron chi connectivity index (χ2n) is 7.28. The van der Waals surface area contributed by atoms with Crippen LogP contribution in [0.4, 0.5) is 0 Å². The molecule has 0 spiro atoms. The third kappa shape index (κ3) is 2.15. The third-order valence-corrected chi connectivity index (χ3v) is 6.13. The van der Waals surface area contributed by atoms with Gasteiger partial charge in [0.25, 0.3) is 0 Å². The Hall–Kier alpha value is -2.90. The largest absolute Gasteiger partial charge is 0.247 e. The first-order chi connectivity index (χ1) is 13.3. The molecule has 2 heteroatoms. The smallest absolute Gasteiger partial charge is 0.0759 e. The van der Waals surface area contributed by atoms with E-state index < -0.39 is 0 Å². The van der Waals surface area contributed by atoms with E-state index in [1.807, 2.05) is 18.2 Å². The summed E-state index contributed by atoms with van der Waals surface area (Å²) in [6.07, 6.45) is 2.18. The fraction of sp³-hybridized carbons (Fsp3) is 0.0800. The SMILES string of the molecule is Clc1ccccc1-c1nc2ccc3cc4ccccc4cc3c2c2c1CC2. The van der Waals surface area contributed by atoms with Crippen molar-refractivity contribution in [2.45, 2.75) is 12.8 Å². The molecule has 0 atom stereocenters. The number of fused-ring (bicyclic) bond motifs is 6. The average molecular weight is 366 g/mol. The molecule has 4 aromatic carbocycles. The van der Waals surface area contributed by atoms with Gasteiger partial charge >= 0.3 is 0 Å². The maximum atomic E-state index is 6.48. The number of pyridine rings is 1. The van der Waals surface area contributed by atoms with Crippen molar-refractivity contribution in [3.63, 3.8) is 0 Å². The van der Waals surface area contributed by atoms with Crippen LogP contribution in [0.15, 0.2) is 72.8 Å². The van der Waals surface area contributed by atoms with E-state index in [2.05, 4.69) is 54.6 Å². The zero-order valence-electron chi connectivity index (χ0n) is 14.7. The van der Waals surface area contributed by atoms with E-state index in [-0.39, 0.29) is 0 Å². The van der Waals surface area contributed by atoms with Crippen molar-refractivity contribution in [1.29, 1.82) is 0 Å². The minimum absolute atomic E-state index is 0.769. The lowest BCUT2D eigenvalue weighted by Crippen LogP contribution is -2.13. The summed E-state index contributed by atoms with van der Waals surface area (Å²) in [6, 6.07) is 25.5. The van der Waals surface area contributed by atoms with E-state index in [4.69, 9.17) is 16.6 Å². The molecule has 0 aliphatic heterocycles. The van der Waals surface area contributed by atoms with Crippen LogP contribution in [0.2, 0.25) is 5.02 Å². The Kier molecular flexibility index (Phi) is 3.12. The number of hydrogen-bond donors (Lipinski definition) is 0. The van der Waals surface area contributed by atoms with Gasteiger partial charge in [-0.05, 0) is 69.8 Å². The Morgan fingerprint density at radius 1 is 0.704 bits per heavy atom. The summed E-state index contributed by atoms with van der Waals surface area (Å²) in [7, 11) is 0. The van der Waals surface area contributed by atoms with Gasteiger partial charge in [0, 0.05) is 16.0 Å². The van der Waals surface area contributed by atoms with Gasteiger partial charge in [-0.2, -0.15) is 0 Å². The summed E-state index contributed by atoms with van der Waals surface area (Å²) in [4.78, 5) is 5.06. The normalized spacial score (nSPS) is 13.1. The Balaban J connectivity index is 1.73. The first-order valence-electron chi connectivity index (χ1n) is 9.31. The molecule has 0 N–H and O–H groups in total. The first-order valence-corrected chi connectivity index (χ1v) is 9.69. The minimum Gasteiger partial charge on any atom is -0.247 e. The molecule has 1 aromatic heterocycles. The monoisotopic (exact) mass is 365 g/mol. The molecule has 0 radical (unpaired) electrons. The predicted octanol–water partition coefficient (Wildman–Crippen LogP) is 6.96. The van der Waals surface area contributed by atoms with Gasteiger partial charge in [-0.15, -0.1) is 0 Å². The molecule has 5 aromatic rings. The third-order valence-electron chi connectivity index (χ3n) is 5.80. The van der Waals surface area contributed by atoms with Crippen molar-refractivity contribution in [3.05, 3.63) is 88.9 Å². The predicted molar refractivity (Wildman–Crippen MR) is 115 cm³/mol. The molecule has 128 valence electrons. The molecule has 0 saturated heterocycles. The van der Waals surface area contributed by atoms with Gasteiger partial charge in [0.05, 0.1) is 11.2 Å². The second-order valence-corrected chi connectivity index (χ2v) is 7.68. The molecule has 1 aliphatic carbocycles. The number of benzene rings is 4. The van der Waals surface area contributed by atoms with Crippen LogP contribution in [-0.4, -0.2) is 4.98 Å². The van der Waals surface area contributed by atoms with Gasteiger partial charge in [-0.3, -0.25) is 0 Å². The van der Waals surface area contributed by atoms with Crippen LogP contribution in [-0.2, 0) is 12.8 Å². The highest BCUT2D eigenvalue weighted by molar-refractivity contribution is 6.33. The molecule has 0 fully saturated rings. The number of aromatic nitrogens is 1. The van der Waals surface area contributed by atoms with E-state index in [0.717, 1.165) is 34.6 Å². The highest BCUT2D eigenvalue weighted by Gasteiger charge is 2.25. The van der Waals surface area contributed by atoms with Gasteiger partial charge in [0.2, 0.25) is 0 Å². The molecule has 0 bridgehead atoms. The van der Waals surface area contributed by atoms with Crippen LogP contribution in [0.1, 0.15) is 11.1 Å². The number of aryl methyl sites for hydroxylation is 1. The number of halogens is 1. The molecular formula is C25H16ClN. The van der Waals surface area contributed by atoms with Gasteiger partial charge in [0.1, 0.15) is 0 Å². The van der Waals surface area contributed by atoms with Crippen molar-refractivity contribution in [3.8, 4) is 11.3 Å². The summed E-state index contributed by atoms with van der Waals surface area (Å²) >= 11 is 6.48. The molecule has 1 aliphatic rings. The van der Waals surface area contributed by atoms with Crippen LogP contribution >= 0.6 is 11.6 Å². The summed E-state index contributed by atoms with van der Waals surface area (Å²) < 4.78 is 0. The summed E-state index contributed by atoms with van der Waals surface area (Å²) in [5.74, 6) is 0. The average Bonchev–Trinajstić information content (AvgIpc) is 2.66. The minimum atomic E-state index is 0.769. The first kappa shape index (κ1) is 15.2. The van der Waals surface area contributed by atoms with Crippen LogP contribution in [0, 0.1) is 0 Å². The lowest BCUT2D eigenvalue weighted by molar-refractivity contribution is 0.847. The van der Waals surface area contributed by atoms with Crippen LogP contribution in [0.5, 0.6) is 0 Å². The maximum Gasteiger partial charge on any atom is 0.0759 e. The fourth-order valence-corrected chi connectivity index (χ4v) is 4.61. The topological polar surface area (TPSA) is 12.9 Å². The quantitative estimate of drug-likeness (QED) is 0.231.